The fraction of sp³-hybridized carbons (Fsp3) is 0.308. The summed E-state index contributed by atoms with van der Waals surface area (Å²) in [6.45, 7) is 4.68. The lowest BCUT2D eigenvalue weighted by atomic mass is 10.2. The van der Waals surface area contributed by atoms with E-state index in [-0.39, 0.29) is 5.82 Å². The average Bonchev–Trinajstić information content (AvgIpc) is 2.58. The maximum atomic E-state index is 13.7. The van der Waals surface area contributed by atoms with Gasteiger partial charge in [0.25, 0.3) is 0 Å². The second-order valence-electron chi connectivity index (χ2n) is 4.25. The van der Waals surface area contributed by atoms with E-state index < -0.39 is 0 Å². The predicted octanol–water partition coefficient (Wildman–Crippen LogP) is 2.80. The zero-order valence-electron chi connectivity index (χ0n) is 10.4. The molecule has 1 heterocycles. The Kier molecular flexibility index (Phi) is 3.68. The zero-order chi connectivity index (χ0) is 13.3. The number of halogens is 2. The number of aromatic nitrogens is 2. The SMILES string of the molecule is Cc1nn(Cc2ccc(Cl)cc2F)c(C)c1CN. The van der Waals surface area contributed by atoms with Crippen LogP contribution in [0, 0.1) is 19.7 Å². The van der Waals surface area contributed by atoms with E-state index in [2.05, 4.69) is 5.10 Å². The van der Waals surface area contributed by atoms with Crippen LogP contribution in [-0.2, 0) is 13.1 Å². The van der Waals surface area contributed by atoms with Gasteiger partial charge in [-0.2, -0.15) is 5.10 Å². The van der Waals surface area contributed by atoms with E-state index in [1.807, 2.05) is 13.8 Å². The van der Waals surface area contributed by atoms with E-state index >= 15 is 0 Å². The van der Waals surface area contributed by atoms with Gasteiger partial charge in [0.1, 0.15) is 5.82 Å². The molecule has 1 aromatic carbocycles. The first kappa shape index (κ1) is 13.1. The summed E-state index contributed by atoms with van der Waals surface area (Å²) in [6.07, 6.45) is 0. The summed E-state index contributed by atoms with van der Waals surface area (Å²) in [5.41, 5.74) is 9.11. The predicted molar refractivity (Wildman–Crippen MR) is 70.1 cm³/mol. The van der Waals surface area contributed by atoms with Crippen LogP contribution in [0.5, 0.6) is 0 Å². The number of rotatable bonds is 3. The lowest BCUT2D eigenvalue weighted by Gasteiger charge is -2.06. The van der Waals surface area contributed by atoms with Gasteiger partial charge in [0.05, 0.1) is 12.2 Å². The Morgan fingerprint density at radius 2 is 2.11 bits per heavy atom. The molecule has 2 N–H and O–H groups in total. The Bertz CT molecular complexity index is 578. The molecule has 18 heavy (non-hydrogen) atoms. The molecule has 0 fully saturated rings. The number of hydrogen-bond acceptors (Lipinski definition) is 2. The zero-order valence-corrected chi connectivity index (χ0v) is 11.1. The monoisotopic (exact) mass is 267 g/mol. The first-order valence-electron chi connectivity index (χ1n) is 5.69. The number of nitrogens with two attached hydrogens (primary N) is 1. The summed E-state index contributed by atoms with van der Waals surface area (Å²) >= 11 is 5.72. The molecule has 0 radical (unpaired) electrons. The third-order valence-corrected chi connectivity index (χ3v) is 3.31. The molecule has 0 saturated carbocycles. The topological polar surface area (TPSA) is 43.8 Å². The van der Waals surface area contributed by atoms with Gasteiger partial charge in [-0.05, 0) is 26.0 Å². The van der Waals surface area contributed by atoms with Crippen molar-refractivity contribution in [3.8, 4) is 0 Å². The molecule has 0 aliphatic heterocycles. The van der Waals surface area contributed by atoms with Gasteiger partial charge in [-0.3, -0.25) is 4.68 Å². The molecule has 0 bridgehead atoms. The van der Waals surface area contributed by atoms with Crippen LogP contribution in [0.4, 0.5) is 4.39 Å². The molecule has 1 aromatic heterocycles. The molecule has 0 amide bonds. The fourth-order valence-electron chi connectivity index (χ4n) is 1.99. The van der Waals surface area contributed by atoms with Crippen LogP contribution in [0.1, 0.15) is 22.5 Å². The molecule has 5 heteroatoms. The molecule has 0 aliphatic rings. The highest BCUT2D eigenvalue weighted by Crippen LogP contribution is 2.18. The second-order valence-corrected chi connectivity index (χ2v) is 4.68. The van der Waals surface area contributed by atoms with Gasteiger partial charge in [-0.1, -0.05) is 17.7 Å². The lowest BCUT2D eigenvalue weighted by Crippen LogP contribution is -2.06. The van der Waals surface area contributed by atoms with Gasteiger partial charge >= 0.3 is 0 Å². The number of aryl methyl sites for hydroxylation is 1. The Hall–Kier alpha value is -1.39. The van der Waals surface area contributed by atoms with Crippen LogP contribution in [0.15, 0.2) is 18.2 Å². The minimum atomic E-state index is -0.315. The van der Waals surface area contributed by atoms with Gasteiger partial charge in [0, 0.05) is 28.4 Å². The summed E-state index contributed by atoms with van der Waals surface area (Å²) in [7, 11) is 0. The first-order chi connectivity index (χ1) is 8.52. The van der Waals surface area contributed by atoms with Crippen LogP contribution in [0.3, 0.4) is 0 Å². The largest absolute Gasteiger partial charge is 0.326 e. The molecule has 0 aliphatic carbocycles. The van der Waals surface area contributed by atoms with Gasteiger partial charge < -0.3 is 5.73 Å². The molecular weight excluding hydrogens is 253 g/mol. The molecule has 2 aromatic rings. The number of nitrogens with zero attached hydrogens (tertiary/aromatic N) is 2. The van der Waals surface area contributed by atoms with Crippen molar-refractivity contribution < 1.29 is 4.39 Å². The van der Waals surface area contributed by atoms with Crippen molar-refractivity contribution in [1.82, 2.24) is 9.78 Å². The summed E-state index contributed by atoms with van der Waals surface area (Å²) in [4.78, 5) is 0. The van der Waals surface area contributed by atoms with Crippen LogP contribution in [0.25, 0.3) is 0 Å². The van der Waals surface area contributed by atoms with Crippen molar-refractivity contribution in [2.45, 2.75) is 26.9 Å². The Labute approximate surface area is 110 Å². The highest BCUT2D eigenvalue weighted by molar-refractivity contribution is 6.30. The molecule has 0 saturated heterocycles. The third-order valence-electron chi connectivity index (χ3n) is 3.07. The lowest BCUT2D eigenvalue weighted by molar-refractivity contribution is 0.578. The van der Waals surface area contributed by atoms with E-state index in [0.717, 1.165) is 17.0 Å². The minimum Gasteiger partial charge on any atom is -0.326 e. The maximum absolute atomic E-state index is 13.7. The smallest absolute Gasteiger partial charge is 0.129 e. The van der Waals surface area contributed by atoms with Crippen LogP contribution < -0.4 is 5.73 Å². The minimum absolute atomic E-state index is 0.315. The third kappa shape index (κ3) is 2.40. The maximum Gasteiger partial charge on any atom is 0.129 e. The molecule has 96 valence electrons. The first-order valence-corrected chi connectivity index (χ1v) is 6.07. The Morgan fingerprint density at radius 3 is 2.67 bits per heavy atom. The van der Waals surface area contributed by atoms with E-state index in [9.17, 15) is 4.39 Å². The molecule has 0 unspecified atom stereocenters. The summed E-state index contributed by atoms with van der Waals surface area (Å²) in [5.74, 6) is -0.315. The van der Waals surface area contributed by atoms with Gasteiger partial charge in [-0.15, -0.1) is 0 Å². The van der Waals surface area contributed by atoms with E-state index in [1.165, 1.54) is 6.07 Å². The van der Waals surface area contributed by atoms with Gasteiger partial charge in [0.15, 0.2) is 0 Å². The van der Waals surface area contributed by atoms with Crippen molar-refractivity contribution >= 4 is 11.6 Å². The summed E-state index contributed by atoms with van der Waals surface area (Å²) in [6, 6.07) is 4.66. The molecule has 3 nitrogen and oxygen atoms in total. The van der Waals surface area contributed by atoms with Crippen molar-refractivity contribution in [3.05, 3.63) is 51.6 Å². The van der Waals surface area contributed by atoms with Crippen LogP contribution in [0.2, 0.25) is 5.02 Å². The van der Waals surface area contributed by atoms with E-state index in [4.69, 9.17) is 17.3 Å². The van der Waals surface area contributed by atoms with Crippen molar-refractivity contribution in [1.29, 1.82) is 0 Å². The second kappa shape index (κ2) is 5.08. The number of hydrogen-bond donors (Lipinski definition) is 1. The standard InChI is InChI=1S/C13H15ClFN3/c1-8-12(6-16)9(2)18(17-8)7-10-3-4-11(14)5-13(10)15/h3-5H,6-7,16H2,1-2H3. The van der Waals surface area contributed by atoms with Crippen LogP contribution in [-0.4, -0.2) is 9.78 Å². The molecule has 2 rings (SSSR count). The summed E-state index contributed by atoms with van der Waals surface area (Å²) < 4.78 is 15.5. The fourth-order valence-corrected chi connectivity index (χ4v) is 2.15. The van der Waals surface area contributed by atoms with Gasteiger partial charge in [-0.25, -0.2) is 4.39 Å². The Morgan fingerprint density at radius 1 is 1.39 bits per heavy atom. The van der Waals surface area contributed by atoms with Crippen LogP contribution >= 0.6 is 11.6 Å². The summed E-state index contributed by atoms with van der Waals surface area (Å²) in [5, 5.41) is 4.77. The molecule has 0 spiro atoms. The molecule has 0 atom stereocenters. The highest BCUT2D eigenvalue weighted by Gasteiger charge is 2.11. The average molecular weight is 268 g/mol. The Balaban J connectivity index is 2.34. The number of benzene rings is 1. The van der Waals surface area contributed by atoms with Crippen molar-refractivity contribution in [2.24, 2.45) is 5.73 Å². The van der Waals surface area contributed by atoms with Gasteiger partial charge in [0.2, 0.25) is 0 Å². The highest BCUT2D eigenvalue weighted by atomic mass is 35.5. The normalized spacial score (nSPS) is 10.9. The van der Waals surface area contributed by atoms with E-state index in [1.54, 1.807) is 16.8 Å². The molecular formula is C13H15ClFN3. The van der Waals surface area contributed by atoms with E-state index in [0.29, 0.717) is 23.7 Å². The van der Waals surface area contributed by atoms with Crippen molar-refractivity contribution in [3.63, 3.8) is 0 Å². The van der Waals surface area contributed by atoms with Crippen molar-refractivity contribution in [2.75, 3.05) is 0 Å². The quantitative estimate of drug-likeness (QED) is 0.929.